The predicted molar refractivity (Wildman–Crippen MR) is 127 cm³/mol. The monoisotopic (exact) mass is 458 g/mol. The van der Waals surface area contributed by atoms with E-state index in [4.69, 9.17) is 0 Å². The first-order valence-electron chi connectivity index (χ1n) is 10.9. The second kappa shape index (κ2) is 7.96. The molecule has 0 fully saturated rings. The van der Waals surface area contributed by atoms with E-state index in [1.165, 1.54) is 10.4 Å². The number of benzene rings is 1. The summed E-state index contributed by atoms with van der Waals surface area (Å²) in [6, 6.07) is 7.98. The fourth-order valence-electron chi connectivity index (χ4n) is 4.48. The second-order valence-electron chi connectivity index (χ2n) is 8.31. The average Bonchev–Trinajstić information content (AvgIpc) is 3.55. The van der Waals surface area contributed by atoms with E-state index in [0.29, 0.717) is 6.54 Å². The van der Waals surface area contributed by atoms with Gasteiger partial charge in [-0.15, -0.1) is 11.3 Å². The molecule has 10 heteroatoms. The summed E-state index contributed by atoms with van der Waals surface area (Å²) in [6.45, 7) is 0.492. The molecule has 6 rings (SSSR count). The van der Waals surface area contributed by atoms with E-state index in [1.807, 2.05) is 37.5 Å². The first-order chi connectivity index (χ1) is 16.2. The zero-order chi connectivity index (χ0) is 22.4. The van der Waals surface area contributed by atoms with Gasteiger partial charge in [0, 0.05) is 35.1 Å². The standard InChI is InChI=1S/C23H22N8OS/c1-31-16(6-7-28-31)11-24-22(32)13-2-4-17-19(9-13)33-23-20(17)21(25-12-26-23)29-15-3-5-18-14(8-15)10-27-30-18/h3,5-8,10,12-13H,2,4,9,11H2,1H3,(H,24,32)(H,27,30)(H,25,26,29). The van der Waals surface area contributed by atoms with Gasteiger partial charge in [-0.1, -0.05) is 0 Å². The Labute approximate surface area is 193 Å². The molecule has 33 heavy (non-hydrogen) atoms. The highest BCUT2D eigenvalue weighted by Crippen LogP contribution is 2.40. The number of carbonyl (C=O) groups is 1. The van der Waals surface area contributed by atoms with Gasteiger partial charge in [0.25, 0.3) is 0 Å². The second-order valence-corrected chi connectivity index (χ2v) is 9.39. The van der Waals surface area contributed by atoms with Gasteiger partial charge in [-0.25, -0.2) is 9.97 Å². The minimum Gasteiger partial charge on any atom is -0.350 e. The summed E-state index contributed by atoms with van der Waals surface area (Å²) in [7, 11) is 1.88. The maximum atomic E-state index is 12.8. The van der Waals surface area contributed by atoms with Crippen molar-refractivity contribution in [2.75, 3.05) is 5.32 Å². The summed E-state index contributed by atoms with van der Waals surface area (Å²) in [5.74, 6) is 0.864. The normalized spacial score (nSPS) is 15.6. The SMILES string of the molecule is Cn1nccc1CNC(=O)C1CCc2c(sc3ncnc(Nc4ccc5[nH]ncc5c4)c23)C1. The Bertz CT molecular complexity index is 1480. The number of aromatic amines is 1. The van der Waals surface area contributed by atoms with Crippen molar-refractivity contribution in [1.29, 1.82) is 0 Å². The zero-order valence-electron chi connectivity index (χ0n) is 18.0. The van der Waals surface area contributed by atoms with Crippen LogP contribution in [0.3, 0.4) is 0 Å². The maximum Gasteiger partial charge on any atom is 0.223 e. The van der Waals surface area contributed by atoms with Crippen LogP contribution in [-0.4, -0.2) is 35.9 Å². The molecule has 9 nitrogen and oxygen atoms in total. The van der Waals surface area contributed by atoms with Crippen LogP contribution in [0.4, 0.5) is 11.5 Å². The molecule has 0 saturated heterocycles. The van der Waals surface area contributed by atoms with Gasteiger partial charge in [0.1, 0.15) is 17.0 Å². The molecule has 0 radical (unpaired) electrons. The van der Waals surface area contributed by atoms with E-state index in [0.717, 1.165) is 57.6 Å². The summed E-state index contributed by atoms with van der Waals surface area (Å²) in [4.78, 5) is 24.1. The molecule has 1 aliphatic carbocycles. The molecule has 0 aliphatic heterocycles. The van der Waals surface area contributed by atoms with E-state index in [9.17, 15) is 4.79 Å². The molecule has 5 aromatic rings. The van der Waals surface area contributed by atoms with Gasteiger partial charge < -0.3 is 10.6 Å². The Morgan fingerprint density at radius 1 is 1.30 bits per heavy atom. The molecule has 1 aliphatic rings. The van der Waals surface area contributed by atoms with Gasteiger partial charge >= 0.3 is 0 Å². The highest BCUT2D eigenvalue weighted by Gasteiger charge is 2.29. The molecule has 1 aromatic carbocycles. The van der Waals surface area contributed by atoms with Crippen molar-refractivity contribution >= 4 is 49.9 Å². The van der Waals surface area contributed by atoms with E-state index < -0.39 is 0 Å². The van der Waals surface area contributed by atoms with Crippen molar-refractivity contribution in [1.82, 2.24) is 35.3 Å². The summed E-state index contributed by atoms with van der Waals surface area (Å²) < 4.78 is 1.78. The van der Waals surface area contributed by atoms with E-state index in [1.54, 1.807) is 28.5 Å². The molecule has 4 aromatic heterocycles. The minimum absolute atomic E-state index is 0.0355. The van der Waals surface area contributed by atoms with Crippen LogP contribution in [0.5, 0.6) is 0 Å². The van der Waals surface area contributed by atoms with E-state index in [-0.39, 0.29) is 11.8 Å². The number of aromatic nitrogens is 6. The maximum absolute atomic E-state index is 12.8. The molecular weight excluding hydrogens is 436 g/mol. The number of nitrogens with zero attached hydrogens (tertiary/aromatic N) is 5. The number of nitrogens with one attached hydrogen (secondary N) is 3. The van der Waals surface area contributed by atoms with Gasteiger partial charge in [0.05, 0.1) is 29.3 Å². The van der Waals surface area contributed by atoms with Gasteiger partial charge in [-0.3, -0.25) is 14.6 Å². The highest BCUT2D eigenvalue weighted by atomic mass is 32.1. The summed E-state index contributed by atoms with van der Waals surface area (Å²) >= 11 is 1.67. The third-order valence-corrected chi connectivity index (χ3v) is 7.45. The van der Waals surface area contributed by atoms with Crippen molar-refractivity contribution in [3.63, 3.8) is 0 Å². The lowest BCUT2D eigenvalue weighted by molar-refractivity contribution is -0.125. The van der Waals surface area contributed by atoms with Crippen molar-refractivity contribution in [2.24, 2.45) is 13.0 Å². The fourth-order valence-corrected chi connectivity index (χ4v) is 5.75. The lowest BCUT2D eigenvalue weighted by Gasteiger charge is -2.22. The van der Waals surface area contributed by atoms with Crippen LogP contribution in [-0.2, 0) is 31.2 Å². The molecule has 0 saturated carbocycles. The Morgan fingerprint density at radius 2 is 2.24 bits per heavy atom. The topological polar surface area (TPSA) is 113 Å². The number of amides is 1. The van der Waals surface area contributed by atoms with Crippen LogP contribution < -0.4 is 10.6 Å². The van der Waals surface area contributed by atoms with Crippen LogP contribution in [0.1, 0.15) is 22.6 Å². The molecule has 0 bridgehead atoms. The Balaban J connectivity index is 1.23. The van der Waals surface area contributed by atoms with Gasteiger partial charge in [-0.05, 0) is 49.1 Å². The first-order valence-corrected chi connectivity index (χ1v) is 11.7. The Kier molecular flexibility index (Phi) is 4.79. The summed E-state index contributed by atoms with van der Waals surface area (Å²) in [5.41, 5.74) is 4.19. The lowest BCUT2D eigenvalue weighted by Crippen LogP contribution is -2.33. The number of anilines is 2. The van der Waals surface area contributed by atoms with Crippen molar-refractivity contribution in [2.45, 2.75) is 25.8 Å². The largest absolute Gasteiger partial charge is 0.350 e. The Hall–Kier alpha value is -3.79. The van der Waals surface area contributed by atoms with E-state index in [2.05, 4.69) is 35.9 Å². The van der Waals surface area contributed by atoms with Gasteiger partial charge in [0.15, 0.2) is 0 Å². The van der Waals surface area contributed by atoms with Crippen LogP contribution >= 0.6 is 11.3 Å². The number of fused-ring (bicyclic) bond motifs is 4. The quantitative estimate of drug-likeness (QED) is 0.372. The fraction of sp³-hybridized carbons (Fsp3) is 0.261. The first kappa shape index (κ1) is 19.9. The molecule has 166 valence electrons. The Morgan fingerprint density at radius 3 is 3.12 bits per heavy atom. The van der Waals surface area contributed by atoms with E-state index >= 15 is 0 Å². The number of thiophene rings is 1. The number of carbonyl (C=O) groups excluding carboxylic acids is 1. The molecular formula is C23H22N8OS. The van der Waals surface area contributed by atoms with Gasteiger partial charge in [-0.2, -0.15) is 10.2 Å². The zero-order valence-corrected chi connectivity index (χ0v) is 18.8. The number of rotatable bonds is 5. The van der Waals surface area contributed by atoms with Crippen LogP contribution in [0.15, 0.2) is 43.0 Å². The summed E-state index contributed by atoms with van der Waals surface area (Å²) in [6.07, 6.45) is 7.52. The summed E-state index contributed by atoms with van der Waals surface area (Å²) in [5, 5.41) is 19.9. The third-order valence-electron chi connectivity index (χ3n) is 6.29. The van der Waals surface area contributed by atoms with Crippen molar-refractivity contribution in [3.05, 3.63) is 59.1 Å². The minimum atomic E-state index is -0.0355. The van der Waals surface area contributed by atoms with Crippen LogP contribution in [0, 0.1) is 5.92 Å². The molecule has 3 N–H and O–H groups in total. The predicted octanol–water partition coefficient (Wildman–Crippen LogP) is 3.47. The number of hydrogen-bond acceptors (Lipinski definition) is 7. The smallest absolute Gasteiger partial charge is 0.223 e. The molecule has 1 unspecified atom stereocenters. The number of H-pyrrole nitrogens is 1. The van der Waals surface area contributed by atoms with Crippen molar-refractivity contribution in [3.8, 4) is 0 Å². The number of hydrogen-bond donors (Lipinski definition) is 3. The number of aryl methyl sites for hydroxylation is 2. The molecule has 1 amide bonds. The lowest BCUT2D eigenvalue weighted by atomic mass is 9.87. The molecule has 4 heterocycles. The third kappa shape index (κ3) is 3.62. The molecule has 1 atom stereocenters. The highest BCUT2D eigenvalue weighted by molar-refractivity contribution is 7.19. The average molecular weight is 459 g/mol. The van der Waals surface area contributed by atoms with Crippen LogP contribution in [0.25, 0.3) is 21.1 Å². The molecule has 0 spiro atoms. The van der Waals surface area contributed by atoms with Crippen molar-refractivity contribution < 1.29 is 4.79 Å². The van der Waals surface area contributed by atoms with Gasteiger partial charge in [0.2, 0.25) is 5.91 Å². The van der Waals surface area contributed by atoms with Crippen LogP contribution in [0.2, 0.25) is 0 Å².